The predicted octanol–water partition coefficient (Wildman–Crippen LogP) is 2.31. The van der Waals surface area contributed by atoms with Crippen molar-refractivity contribution in [3.8, 4) is 18.1 Å². The van der Waals surface area contributed by atoms with Gasteiger partial charge in [0.1, 0.15) is 5.75 Å². The highest BCUT2D eigenvalue weighted by molar-refractivity contribution is 5.39. The van der Waals surface area contributed by atoms with E-state index >= 15 is 0 Å². The van der Waals surface area contributed by atoms with Crippen LogP contribution in [0.3, 0.4) is 0 Å². The van der Waals surface area contributed by atoms with Crippen LogP contribution in [0.15, 0.2) is 18.2 Å². The average Bonchev–Trinajstić information content (AvgIpc) is 2.35. The topological polar surface area (TPSA) is 47.3 Å². The van der Waals surface area contributed by atoms with E-state index in [2.05, 4.69) is 23.5 Å². The molecule has 3 N–H and O–H groups in total. The van der Waals surface area contributed by atoms with Crippen molar-refractivity contribution >= 4 is 0 Å². The molecule has 0 amide bonds. The summed E-state index contributed by atoms with van der Waals surface area (Å²) in [6.45, 7) is 2.04. The van der Waals surface area contributed by atoms with E-state index in [0.29, 0.717) is 0 Å². The van der Waals surface area contributed by atoms with Crippen LogP contribution in [-0.2, 0) is 0 Å². The fourth-order valence-electron chi connectivity index (χ4n) is 1.84. The van der Waals surface area contributed by atoms with Crippen molar-refractivity contribution in [2.45, 2.75) is 32.2 Å². The molecular weight excluding hydrogens is 212 g/mol. The van der Waals surface area contributed by atoms with Crippen molar-refractivity contribution in [3.63, 3.8) is 0 Å². The Morgan fingerprint density at radius 2 is 2.29 bits per heavy atom. The van der Waals surface area contributed by atoms with Gasteiger partial charge in [0.15, 0.2) is 0 Å². The number of benzene rings is 1. The first-order chi connectivity index (χ1) is 8.22. The number of aryl methyl sites for hydroxylation is 1. The molecule has 0 aromatic heterocycles. The number of hydrogen-bond acceptors (Lipinski definition) is 3. The fraction of sp³-hybridized carbons (Fsp3) is 0.429. The minimum atomic E-state index is 0.0823. The molecule has 0 bridgehead atoms. The summed E-state index contributed by atoms with van der Waals surface area (Å²) in [5, 5.41) is 0. The van der Waals surface area contributed by atoms with Crippen molar-refractivity contribution < 1.29 is 4.74 Å². The van der Waals surface area contributed by atoms with Crippen LogP contribution < -0.4 is 16.0 Å². The maximum absolute atomic E-state index is 5.59. The van der Waals surface area contributed by atoms with E-state index in [9.17, 15) is 0 Å². The molecule has 0 spiro atoms. The van der Waals surface area contributed by atoms with Gasteiger partial charge in [-0.15, -0.1) is 12.3 Å². The molecular formula is C14H20N2O. The monoisotopic (exact) mass is 232 g/mol. The molecule has 0 aliphatic rings. The van der Waals surface area contributed by atoms with Crippen LogP contribution >= 0.6 is 0 Å². The summed E-state index contributed by atoms with van der Waals surface area (Å²) in [6, 6.07) is 6.21. The molecule has 0 radical (unpaired) electrons. The molecule has 1 rings (SSSR count). The normalized spacial score (nSPS) is 11.9. The summed E-state index contributed by atoms with van der Waals surface area (Å²) in [5.41, 5.74) is 5.08. The molecule has 0 fully saturated rings. The van der Waals surface area contributed by atoms with Gasteiger partial charge in [0.05, 0.1) is 7.11 Å². The van der Waals surface area contributed by atoms with Gasteiger partial charge in [0.2, 0.25) is 0 Å². The van der Waals surface area contributed by atoms with E-state index in [1.165, 1.54) is 5.56 Å². The van der Waals surface area contributed by atoms with Gasteiger partial charge in [-0.2, -0.15) is 0 Å². The van der Waals surface area contributed by atoms with Gasteiger partial charge in [-0.25, -0.2) is 0 Å². The lowest BCUT2D eigenvalue weighted by molar-refractivity contribution is 0.394. The maximum Gasteiger partial charge on any atom is 0.123 e. The van der Waals surface area contributed by atoms with Gasteiger partial charge in [0, 0.05) is 18.0 Å². The summed E-state index contributed by atoms with van der Waals surface area (Å²) in [4.78, 5) is 0. The van der Waals surface area contributed by atoms with Crippen molar-refractivity contribution in [2.75, 3.05) is 7.11 Å². The summed E-state index contributed by atoms with van der Waals surface area (Å²) < 4.78 is 5.38. The van der Waals surface area contributed by atoms with Gasteiger partial charge in [-0.1, -0.05) is 12.1 Å². The average molecular weight is 232 g/mol. The number of rotatable bonds is 6. The Hall–Kier alpha value is -1.50. The Kier molecular flexibility index (Phi) is 5.55. The number of ether oxygens (including phenoxy) is 1. The number of nitrogens with one attached hydrogen (secondary N) is 1. The van der Waals surface area contributed by atoms with E-state index in [-0.39, 0.29) is 6.04 Å². The van der Waals surface area contributed by atoms with E-state index in [1.54, 1.807) is 7.11 Å². The van der Waals surface area contributed by atoms with Gasteiger partial charge in [-0.3, -0.25) is 11.3 Å². The van der Waals surface area contributed by atoms with E-state index < -0.39 is 0 Å². The standard InChI is InChI=1S/C14H20N2O/c1-4-5-6-7-13(16-15)12-9-8-11(2)10-14(12)17-3/h1,8-10,13,16H,5-7,15H2,2-3H3. The Morgan fingerprint density at radius 3 is 2.88 bits per heavy atom. The first-order valence-corrected chi connectivity index (χ1v) is 5.77. The lowest BCUT2D eigenvalue weighted by atomic mass is 9.99. The molecule has 0 aliphatic heterocycles. The van der Waals surface area contributed by atoms with Crippen LogP contribution in [0.2, 0.25) is 0 Å². The first kappa shape index (κ1) is 13.6. The summed E-state index contributed by atoms with van der Waals surface area (Å²) in [5.74, 6) is 9.10. The Balaban J connectivity index is 2.84. The third kappa shape index (κ3) is 3.77. The lowest BCUT2D eigenvalue weighted by Gasteiger charge is -2.19. The number of methoxy groups -OCH3 is 1. The molecule has 1 unspecified atom stereocenters. The van der Waals surface area contributed by atoms with Crippen LogP contribution in [0.4, 0.5) is 0 Å². The van der Waals surface area contributed by atoms with Gasteiger partial charge < -0.3 is 4.74 Å². The van der Waals surface area contributed by atoms with Crippen LogP contribution in [-0.4, -0.2) is 7.11 Å². The predicted molar refractivity (Wildman–Crippen MR) is 70.5 cm³/mol. The van der Waals surface area contributed by atoms with Crippen LogP contribution in [0.1, 0.15) is 36.4 Å². The molecule has 1 atom stereocenters. The molecule has 0 saturated heterocycles. The second kappa shape index (κ2) is 6.95. The largest absolute Gasteiger partial charge is 0.496 e. The summed E-state index contributed by atoms with van der Waals surface area (Å²) in [7, 11) is 1.67. The van der Waals surface area contributed by atoms with E-state index in [4.69, 9.17) is 17.0 Å². The summed E-state index contributed by atoms with van der Waals surface area (Å²) >= 11 is 0. The number of nitrogens with two attached hydrogens (primary N) is 1. The molecule has 1 aromatic carbocycles. The molecule has 0 heterocycles. The zero-order chi connectivity index (χ0) is 12.7. The zero-order valence-corrected chi connectivity index (χ0v) is 10.5. The van der Waals surface area contributed by atoms with Gasteiger partial charge in [0.25, 0.3) is 0 Å². The smallest absolute Gasteiger partial charge is 0.123 e. The Bertz CT molecular complexity index is 396. The second-order valence-corrected chi connectivity index (χ2v) is 4.06. The highest BCUT2D eigenvalue weighted by Crippen LogP contribution is 2.28. The molecule has 1 aromatic rings. The van der Waals surface area contributed by atoms with Crippen molar-refractivity contribution in [1.29, 1.82) is 0 Å². The van der Waals surface area contributed by atoms with Crippen LogP contribution in [0.25, 0.3) is 0 Å². The van der Waals surface area contributed by atoms with Gasteiger partial charge in [-0.05, 0) is 31.4 Å². The molecule has 0 aliphatic carbocycles. The highest BCUT2D eigenvalue weighted by Gasteiger charge is 2.14. The minimum absolute atomic E-state index is 0.0823. The summed E-state index contributed by atoms with van der Waals surface area (Å²) in [6.07, 6.45) is 7.86. The Morgan fingerprint density at radius 1 is 1.53 bits per heavy atom. The molecule has 3 heteroatoms. The number of unbranched alkanes of at least 4 members (excludes halogenated alkanes) is 1. The van der Waals surface area contributed by atoms with Crippen LogP contribution in [0.5, 0.6) is 5.75 Å². The van der Waals surface area contributed by atoms with Crippen LogP contribution in [0, 0.1) is 19.3 Å². The third-order valence-electron chi connectivity index (χ3n) is 2.78. The molecule has 92 valence electrons. The minimum Gasteiger partial charge on any atom is -0.496 e. The maximum atomic E-state index is 5.59. The SMILES string of the molecule is C#CCCCC(NN)c1ccc(C)cc1OC. The molecule has 3 nitrogen and oxygen atoms in total. The zero-order valence-electron chi connectivity index (χ0n) is 10.5. The second-order valence-electron chi connectivity index (χ2n) is 4.06. The van der Waals surface area contributed by atoms with E-state index in [1.807, 2.05) is 13.0 Å². The quantitative estimate of drug-likeness (QED) is 0.342. The van der Waals surface area contributed by atoms with Crippen molar-refractivity contribution in [2.24, 2.45) is 5.84 Å². The van der Waals surface area contributed by atoms with Crippen molar-refractivity contribution in [3.05, 3.63) is 29.3 Å². The first-order valence-electron chi connectivity index (χ1n) is 5.77. The van der Waals surface area contributed by atoms with Crippen molar-refractivity contribution in [1.82, 2.24) is 5.43 Å². The number of hydrogen-bond donors (Lipinski definition) is 2. The van der Waals surface area contributed by atoms with Gasteiger partial charge >= 0.3 is 0 Å². The highest BCUT2D eigenvalue weighted by atomic mass is 16.5. The van der Waals surface area contributed by atoms with E-state index in [0.717, 1.165) is 30.6 Å². The Labute approximate surface area is 103 Å². The third-order valence-corrected chi connectivity index (χ3v) is 2.78. The molecule has 17 heavy (non-hydrogen) atoms. The fourth-order valence-corrected chi connectivity index (χ4v) is 1.84. The molecule has 0 saturated carbocycles. The lowest BCUT2D eigenvalue weighted by Crippen LogP contribution is -2.28. The number of terminal acetylenes is 1. The number of hydrazine groups is 1.